The zero-order chi connectivity index (χ0) is 19.9. The molecule has 2 aromatic rings. The lowest BCUT2D eigenvalue weighted by Gasteiger charge is -2.33. The summed E-state index contributed by atoms with van der Waals surface area (Å²) in [6, 6.07) is 15.9. The van der Waals surface area contributed by atoms with Gasteiger partial charge in [0.15, 0.2) is 0 Å². The Morgan fingerprint density at radius 1 is 1.00 bits per heavy atom. The molecule has 0 saturated carbocycles. The minimum atomic E-state index is -0.565. The molecule has 0 unspecified atom stereocenters. The van der Waals surface area contributed by atoms with Crippen LogP contribution in [0.15, 0.2) is 54.6 Å². The van der Waals surface area contributed by atoms with Crippen molar-refractivity contribution in [1.82, 2.24) is 9.80 Å². The number of nitrogens with one attached hydrogen (secondary N) is 1. The fourth-order valence-electron chi connectivity index (χ4n) is 3.31. The first-order valence-electron chi connectivity index (χ1n) is 9.64. The lowest BCUT2D eigenvalue weighted by molar-refractivity contribution is -0.144. The summed E-state index contributed by atoms with van der Waals surface area (Å²) in [6.07, 6.45) is 4.24. The molecule has 0 spiro atoms. The van der Waals surface area contributed by atoms with Gasteiger partial charge in [-0.2, -0.15) is 0 Å². The van der Waals surface area contributed by atoms with E-state index in [2.05, 4.69) is 34.5 Å². The maximum Gasteiger partial charge on any atom is 0.313 e. The fraction of sp³-hybridized carbons (Fsp3) is 0.304. The van der Waals surface area contributed by atoms with E-state index in [-0.39, 0.29) is 0 Å². The minimum Gasteiger partial charge on any atom is -0.332 e. The van der Waals surface area contributed by atoms with Gasteiger partial charge in [-0.05, 0) is 31.0 Å². The molecule has 0 aromatic heterocycles. The molecule has 1 heterocycles. The summed E-state index contributed by atoms with van der Waals surface area (Å²) in [5.74, 6) is -1.02. The Hall–Kier alpha value is -2.92. The van der Waals surface area contributed by atoms with Crippen molar-refractivity contribution in [3.63, 3.8) is 0 Å². The maximum atomic E-state index is 12.5. The number of hydrogen-bond donors (Lipinski definition) is 1. The van der Waals surface area contributed by atoms with Crippen molar-refractivity contribution in [2.75, 3.05) is 38.0 Å². The van der Waals surface area contributed by atoms with Crippen molar-refractivity contribution >= 4 is 23.6 Å². The number of nitrogens with zero attached hydrogens (tertiary/aromatic N) is 2. The molecule has 1 saturated heterocycles. The molecule has 1 aliphatic rings. The molecule has 5 nitrogen and oxygen atoms in total. The van der Waals surface area contributed by atoms with E-state index in [1.54, 1.807) is 4.90 Å². The van der Waals surface area contributed by atoms with Gasteiger partial charge in [-0.3, -0.25) is 14.5 Å². The molecule has 2 amide bonds. The molecule has 0 radical (unpaired) electrons. The summed E-state index contributed by atoms with van der Waals surface area (Å²) in [4.78, 5) is 28.7. The van der Waals surface area contributed by atoms with Gasteiger partial charge in [-0.15, -0.1) is 0 Å². The molecule has 0 atom stereocenters. The topological polar surface area (TPSA) is 52.7 Å². The first kappa shape index (κ1) is 19.8. The SMILES string of the molecule is Cc1ccc(NC(=O)C(=O)N2CCN(C/C=C/c3ccccc3)CC2)c(C)c1. The van der Waals surface area contributed by atoms with Crippen molar-refractivity contribution in [3.05, 3.63) is 71.3 Å². The number of amides is 2. The Morgan fingerprint density at radius 3 is 2.39 bits per heavy atom. The molecule has 1 aliphatic heterocycles. The summed E-state index contributed by atoms with van der Waals surface area (Å²) in [6.45, 7) is 7.43. The smallest absolute Gasteiger partial charge is 0.313 e. The number of carbonyl (C=O) groups is 2. The Bertz CT molecular complexity index is 853. The summed E-state index contributed by atoms with van der Waals surface area (Å²) >= 11 is 0. The van der Waals surface area contributed by atoms with Gasteiger partial charge >= 0.3 is 11.8 Å². The number of carbonyl (C=O) groups excluding carboxylic acids is 2. The second-order valence-electron chi connectivity index (χ2n) is 7.18. The molecule has 146 valence electrons. The quantitative estimate of drug-likeness (QED) is 0.833. The summed E-state index contributed by atoms with van der Waals surface area (Å²) in [7, 11) is 0. The van der Waals surface area contributed by atoms with Crippen LogP contribution in [-0.4, -0.2) is 54.3 Å². The number of hydrogen-bond acceptors (Lipinski definition) is 3. The Morgan fingerprint density at radius 2 is 1.71 bits per heavy atom. The number of benzene rings is 2. The standard InChI is InChI=1S/C23H27N3O2/c1-18-10-11-21(19(2)17-18)24-22(27)23(28)26-15-13-25(14-16-26)12-6-9-20-7-4-3-5-8-20/h3-11,17H,12-16H2,1-2H3,(H,24,27)/b9-6+. The highest BCUT2D eigenvalue weighted by atomic mass is 16.2. The molecule has 2 aromatic carbocycles. The number of anilines is 1. The van der Waals surface area contributed by atoms with E-state index in [9.17, 15) is 9.59 Å². The molecular weight excluding hydrogens is 350 g/mol. The van der Waals surface area contributed by atoms with Crippen molar-refractivity contribution in [1.29, 1.82) is 0 Å². The van der Waals surface area contributed by atoms with Crippen LogP contribution in [0, 0.1) is 13.8 Å². The monoisotopic (exact) mass is 377 g/mol. The molecular formula is C23H27N3O2. The molecule has 3 rings (SSSR count). The summed E-state index contributed by atoms with van der Waals surface area (Å²) in [5, 5.41) is 2.74. The number of rotatable bonds is 4. The average Bonchev–Trinajstić information content (AvgIpc) is 2.71. The third-order valence-corrected chi connectivity index (χ3v) is 4.96. The van der Waals surface area contributed by atoms with Gasteiger partial charge in [-0.1, -0.05) is 60.2 Å². The van der Waals surface area contributed by atoms with Gasteiger partial charge in [0.05, 0.1) is 0 Å². The van der Waals surface area contributed by atoms with Crippen LogP contribution < -0.4 is 5.32 Å². The Kier molecular flexibility index (Phi) is 6.61. The molecule has 1 fully saturated rings. The van der Waals surface area contributed by atoms with Gasteiger partial charge in [0.25, 0.3) is 0 Å². The van der Waals surface area contributed by atoms with Crippen molar-refractivity contribution in [3.8, 4) is 0 Å². The van der Waals surface area contributed by atoms with Crippen LogP contribution in [0.5, 0.6) is 0 Å². The first-order chi connectivity index (χ1) is 13.5. The lowest BCUT2D eigenvalue weighted by Crippen LogP contribution is -2.51. The van der Waals surface area contributed by atoms with Gasteiger partial charge < -0.3 is 10.2 Å². The summed E-state index contributed by atoms with van der Waals surface area (Å²) < 4.78 is 0. The van der Waals surface area contributed by atoms with Crippen LogP contribution >= 0.6 is 0 Å². The van der Waals surface area contributed by atoms with Crippen molar-refractivity contribution in [2.45, 2.75) is 13.8 Å². The average molecular weight is 377 g/mol. The van der Waals surface area contributed by atoms with E-state index in [1.807, 2.05) is 50.2 Å². The van der Waals surface area contributed by atoms with Crippen LogP contribution in [0.25, 0.3) is 6.08 Å². The van der Waals surface area contributed by atoms with Crippen LogP contribution in [0.4, 0.5) is 5.69 Å². The molecule has 0 aliphatic carbocycles. The molecule has 28 heavy (non-hydrogen) atoms. The van der Waals surface area contributed by atoms with E-state index in [0.717, 1.165) is 30.8 Å². The molecule has 0 bridgehead atoms. The van der Waals surface area contributed by atoms with Crippen LogP contribution in [-0.2, 0) is 9.59 Å². The third-order valence-electron chi connectivity index (χ3n) is 4.96. The van der Waals surface area contributed by atoms with Crippen molar-refractivity contribution in [2.24, 2.45) is 0 Å². The predicted molar refractivity (Wildman–Crippen MR) is 113 cm³/mol. The van der Waals surface area contributed by atoms with Gasteiger partial charge in [0.2, 0.25) is 0 Å². The van der Waals surface area contributed by atoms with Gasteiger partial charge in [0.1, 0.15) is 0 Å². The lowest BCUT2D eigenvalue weighted by atomic mass is 10.1. The van der Waals surface area contributed by atoms with E-state index in [4.69, 9.17) is 0 Å². The van der Waals surface area contributed by atoms with E-state index < -0.39 is 11.8 Å². The second kappa shape index (κ2) is 9.33. The largest absolute Gasteiger partial charge is 0.332 e. The Balaban J connectivity index is 1.46. The third kappa shape index (κ3) is 5.30. The highest BCUT2D eigenvalue weighted by Gasteiger charge is 2.25. The minimum absolute atomic E-state index is 0.459. The van der Waals surface area contributed by atoms with E-state index in [0.29, 0.717) is 18.8 Å². The van der Waals surface area contributed by atoms with E-state index in [1.165, 1.54) is 5.56 Å². The number of piperazine rings is 1. The zero-order valence-electron chi connectivity index (χ0n) is 16.5. The van der Waals surface area contributed by atoms with Gasteiger partial charge in [0, 0.05) is 38.4 Å². The Labute approximate surface area is 166 Å². The van der Waals surface area contributed by atoms with Crippen molar-refractivity contribution < 1.29 is 9.59 Å². The first-order valence-corrected chi connectivity index (χ1v) is 9.64. The van der Waals surface area contributed by atoms with Crippen LogP contribution in [0.2, 0.25) is 0 Å². The number of aryl methyl sites for hydroxylation is 2. The van der Waals surface area contributed by atoms with Gasteiger partial charge in [-0.25, -0.2) is 0 Å². The predicted octanol–water partition coefficient (Wildman–Crippen LogP) is 3.10. The summed E-state index contributed by atoms with van der Waals surface area (Å²) in [5.41, 5.74) is 3.95. The maximum absolute atomic E-state index is 12.5. The zero-order valence-corrected chi connectivity index (χ0v) is 16.5. The highest BCUT2D eigenvalue weighted by molar-refractivity contribution is 6.39. The van der Waals surface area contributed by atoms with E-state index >= 15 is 0 Å². The van der Waals surface area contributed by atoms with Crippen LogP contribution in [0.1, 0.15) is 16.7 Å². The normalized spacial score (nSPS) is 15.0. The molecule has 5 heteroatoms. The highest BCUT2D eigenvalue weighted by Crippen LogP contribution is 2.16. The second-order valence-corrected chi connectivity index (χ2v) is 7.18. The van der Waals surface area contributed by atoms with Crippen LogP contribution in [0.3, 0.4) is 0 Å². The fourth-order valence-corrected chi connectivity index (χ4v) is 3.31. The molecule has 1 N–H and O–H groups in total.